The van der Waals surface area contributed by atoms with E-state index in [1.807, 2.05) is 44.2 Å². The number of rotatable bonds is 3. The Labute approximate surface area is 127 Å². The number of aromatic nitrogens is 4. The first-order chi connectivity index (χ1) is 10.6. The average molecular weight is 293 g/mol. The second kappa shape index (κ2) is 5.77. The molecule has 0 radical (unpaired) electrons. The first-order valence-electron chi connectivity index (χ1n) is 6.84. The van der Waals surface area contributed by atoms with E-state index in [4.69, 9.17) is 0 Å². The highest BCUT2D eigenvalue weighted by Crippen LogP contribution is 2.21. The highest BCUT2D eigenvalue weighted by atomic mass is 16.1. The largest absolute Gasteiger partial charge is 0.321 e. The van der Waals surface area contributed by atoms with Crippen LogP contribution in [-0.2, 0) is 0 Å². The molecule has 6 nitrogen and oxygen atoms in total. The Bertz CT molecular complexity index is 811. The van der Waals surface area contributed by atoms with Crippen LogP contribution in [0.25, 0.3) is 11.3 Å². The number of hydrogen-bond acceptors (Lipinski definition) is 4. The van der Waals surface area contributed by atoms with Crippen molar-refractivity contribution in [1.29, 1.82) is 0 Å². The van der Waals surface area contributed by atoms with Crippen LogP contribution in [0.5, 0.6) is 0 Å². The molecule has 0 aliphatic carbocycles. The summed E-state index contributed by atoms with van der Waals surface area (Å²) in [6.07, 6.45) is 3.09. The zero-order valence-electron chi connectivity index (χ0n) is 12.3. The number of carbonyl (C=O) groups is 1. The molecule has 3 rings (SSSR count). The van der Waals surface area contributed by atoms with E-state index in [-0.39, 0.29) is 5.91 Å². The van der Waals surface area contributed by atoms with Crippen molar-refractivity contribution in [2.45, 2.75) is 13.8 Å². The van der Waals surface area contributed by atoms with Crippen LogP contribution in [0.15, 0.2) is 42.9 Å². The molecular weight excluding hydrogens is 278 g/mol. The second-order valence-corrected chi connectivity index (χ2v) is 4.94. The summed E-state index contributed by atoms with van der Waals surface area (Å²) in [6.45, 7) is 3.69. The van der Waals surface area contributed by atoms with Gasteiger partial charge in [-0.1, -0.05) is 12.1 Å². The highest BCUT2D eigenvalue weighted by Gasteiger charge is 2.13. The first kappa shape index (κ1) is 13.9. The molecule has 0 saturated heterocycles. The van der Waals surface area contributed by atoms with Gasteiger partial charge in [-0.05, 0) is 32.0 Å². The van der Waals surface area contributed by atoms with Gasteiger partial charge in [-0.3, -0.25) is 9.89 Å². The third kappa shape index (κ3) is 2.71. The summed E-state index contributed by atoms with van der Waals surface area (Å²) in [5.41, 5.74) is 4.51. The maximum Gasteiger partial charge on any atom is 0.274 e. The molecule has 2 aromatic heterocycles. The standard InChI is InChI=1S/C16H15N5O/c1-10-11(2)17-9-18-15(10)16(22)20-13-5-3-4-12(8-13)14-6-7-19-21-14/h3-9H,1-2H3,(H,19,21)(H,20,22). The average Bonchev–Trinajstić information content (AvgIpc) is 3.04. The summed E-state index contributed by atoms with van der Waals surface area (Å²) in [5, 5.41) is 9.69. The molecule has 0 spiro atoms. The molecule has 6 heteroatoms. The fraction of sp³-hybridized carbons (Fsp3) is 0.125. The first-order valence-corrected chi connectivity index (χ1v) is 6.84. The third-order valence-electron chi connectivity index (χ3n) is 3.48. The lowest BCUT2D eigenvalue weighted by atomic mass is 10.1. The Hall–Kier alpha value is -3.02. The molecule has 0 aliphatic rings. The van der Waals surface area contributed by atoms with Crippen molar-refractivity contribution in [3.05, 3.63) is 59.8 Å². The molecule has 1 amide bonds. The predicted octanol–water partition coefficient (Wildman–Crippen LogP) is 2.74. The fourth-order valence-corrected chi connectivity index (χ4v) is 2.14. The summed E-state index contributed by atoms with van der Waals surface area (Å²) in [4.78, 5) is 20.5. The molecule has 3 aromatic rings. The van der Waals surface area contributed by atoms with Crippen LogP contribution in [0, 0.1) is 13.8 Å². The van der Waals surface area contributed by atoms with E-state index in [9.17, 15) is 4.79 Å². The van der Waals surface area contributed by atoms with Gasteiger partial charge < -0.3 is 5.32 Å². The van der Waals surface area contributed by atoms with Gasteiger partial charge >= 0.3 is 0 Å². The van der Waals surface area contributed by atoms with E-state index in [1.165, 1.54) is 6.33 Å². The van der Waals surface area contributed by atoms with Gasteiger partial charge in [0, 0.05) is 28.7 Å². The number of hydrogen-bond donors (Lipinski definition) is 2. The quantitative estimate of drug-likeness (QED) is 0.777. The van der Waals surface area contributed by atoms with Crippen LogP contribution in [0.2, 0.25) is 0 Å². The van der Waals surface area contributed by atoms with Crippen LogP contribution in [-0.4, -0.2) is 26.1 Å². The van der Waals surface area contributed by atoms with Crippen molar-refractivity contribution in [3.8, 4) is 11.3 Å². The van der Waals surface area contributed by atoms with Crippen molar-refractivity contribution in [3.63, 3.8) is 0 Å². The number of anilines is 1. The van der Waals surface area contributed by atoms with Crippen molar-refractivity contribution >= 4 is 11.6 Å². The Morgan fingerprint density at radius 1 is 1.18 bits per heavy atom. The summed E-state index contributed by atoms with van der Waals surface area (Å²) in [7, 11) is 0. The maximum absolute atomic E-state index is 12.4. The number of nitrogens with zero attached hydrogens (tertiary/aromatic N) is 3. The van der Waals surface area contributed by atoms with Crippen LogP contribution in [0.1, 0.15) is 21.7 Å². The Balaban J connectivity index is 1.86. The molecule has 2 N–H and O–H groups in total. The molecule has 0 fully saturated rings. The lowest BCUT2D eigenvalue weighted by molar-refractivity contribution is 0.102. The van der Waals surface area contributed by atoms with E-state index in [0.717, 1.165) is 22.5 Å². The van der Waals surface area contributed by atoms with Gasteiger partial charge in [-0.2, -0.15) is 5.10 Å². The summed E-state index contributed by atoms with van der Waals surface area (Å²) >= 11 is 0. The van der Waals surface area contributed by atoms with Crippen LogP contribution in [0.4, 0.5) is 5.69 Å². The van der Waals surface area contributed by atoms with Gasteiger partial charge in [-0.25, -0.2) is 9.97 Å². The Morgan fingerprint density at radius 3 is 2.82 bits per heavy atom. The monoisotopic (exact) mass is 293 g/mol. The molecular formula is C16H15N5O. The minimum absolute atomic E-state index is 0.246. The molecule has 0 unspecified atom stereocenters. The summed E-state index contributed by atoms with van der Waals surface area (Å²) in [6, 6.07) is 9.42. The van der Waals surface area contributed by atoms with Crippen LogP contribution in [0.3, 0.4) is 0 Å². The van der Waals surface area contributed by atoms with E-state index >= 15 is 0 Å². The SMILES string of the molecule is Cc1ncnc(C(=O)Nc2cccc(-c3ccn[nH]3)c2)c1C. The number of aryl methyl sites for hydroxylation is 1. The van der Waals surface area contributed by atoms with Gasteiger partial charge in [0.2, 0.25) is 0 Å². The molecule has 0 saturated carbocycles. The number of H-pyrrole nitrogens is 1. The minimum Gasteiger partial charge on any atom is -0.321 e. The lowest BCUT2D eigenvalue weighted by Crippen LogP contribution is -2.16. The minimum atomic E-state index is -0.246. The zero-order valence-corrected chi connectivity index (χ0v) is 12.3. The van der Waals surface area contributed by atoms with E-state index in [1.54, 1.807) is 6.20 Å². The molecule has 0 atom stereocenters. The van der Waals surface area contributed by atoms with Crippen molar-refractivity contribution < 1.29 is 4.79 Å². The molecule has 1 aromatic carbocycles. The molecule has 110 valence electrons. The smallest absolute Gasteiger partial charge is 0.274 e. The zero-order chi connectivity index (χ0) is 15.5. The number of nitrogens with one attached hydrogen (secondary N) is 2. The van der Waals surface area contributed by atoms with Gasteiger partial charge in [-0.15, -0.1) is 0 Å². The van der Waals surface area contributed by atoms with Crippen LogP contribution >= 0.6 is 0 Å². The van der Waals surface area contributed by atoms with Gasteiger partial charge in [0.15, 0.2) is 0 Å². The predicted molar refractivity (Wildman–Crippen MR) is 83.5 cm³/mol. The van der Waals surface area contributed by atoms with E-state index in [0.29, 0.717) is 11.4 Å². The van der Waals surface area contributed by atoms with E-state index < -0.39 is 0 Å². The topological polar surface area (TPSA) is 83.6 Å². The molecule has 0 aliphatic heterocycles. The Kier molecular flexibility index (Phi) is 3.65. The number of aromatic amines is 1. The second-order valence-electron chi connectivity index (χ2n) is 4.94. The van der Waals surface area contributed by atoms with E-state index in [2.05, 4.69) is 25.5 Å². The van der Waals surface area contributed by atoms with Gasteiger partial charge in [0.05, 0.1) is 5.69 Å². The van der Waals surface area contributed by atoms with Gasteiger partial charge in [0.1, 0.15) is 12.0 Å². The maximum atomic E-state index is 12.4. The number of amides is 1. The highest BCUT2D eigenvalue weighted by molar-refractivity contribution is 6.04. The van der Waals surface area contributed by atoms with Crippen LogP contribution < -0.4 is 5.32 Å². The van der Waals surface area contributed by atoms with Crippen molar-refractivity contribution in [2.24, 2.45) is 0 Å². The Morgan fingerprint density at radius 2 is 2.05 bits per heavy atom. The summed E-state index contributed by atoms with van der Waals surface area (Å²) < 4.78 is 0. The van der Waals surface area contributed by atoms with Crippen molar-refractivity contribution in [2.75, 3.05) is 5.32 Å². The number of benzene rings is 1. The molecule has 0 bridgehead atoms. The molecule has 2 heterocycles. The fourth-order valence-electron chi connectivity index (χ4n) is 2.14. The third-order valence-corrected chi connectivity index (χ3v) is 3.48. The number of carbonyl (C=O) groups excluding carboxylic acids is 1. The summed E-state index contributed by atoms with van der Waals surface area (Å²) in [5.74, 6) is -0.246. The van der Waals surface area contributed by atoms with Gasteiger partial charge in [0.25, 0.3) is 5.91 Å². The van der Waals surface area contributed by atoms with Crippen molar-refractivity contribution in [1.82, 2.24) is 20.2 Å². The molecule has 22 heavy (non-hydrogen) atoms. The normalized spacial score (nSPS) is 10.5. The lowest BCUT2D eigenvalue weighted by Gasteiger charge is -2.09.